The molecule has 4 aromatic rings. The summed E-state index contributed by atoms with van der Waals surface area (Å²) in [5.41, 5.74) is 1.26. The van der Waals surface area contributed by atoms with E-state index in [1.807, 2.05) is 43.3 Å². The summed E-state index contributed by atoms with van der Waals surface area (Å²) >= 11 is 0. The van der Waals surface area contributed by atoms with E-state index < -0.39 is 5.60 Å². The van der Waals surface area contributed by atoms with Gasteiger partial charge in [-0.1, -0.05) is 42.5 Å². The third-order valence-corrected chi connectivity index (χ3v) is 6.13. The largest absolute Gasteiger partial charge is 0.486 e. The van der Waals surface area contributed by atoms with Gasteiger partial charge < -0.3 is 15.2 Å². The van der Waals surface area contributed by atoms with E-state index in [2.05, 4.69) is 20.4 Å². The van der Waals surface area contributed by atoms with Crippen molar-refractivity contribution in [2.24, 2.45) is 0 Å². The lowest BCUT2D eigenvalue weighted by Gasteiger charge is -2.36. The first-order chi connectivity index (χ1) is 16.4. The highest BCUT2D eigenvalue weighted by molar-refractivity contribution is 5.98. The zero-order valence-corrected chi connectivity index (χ0v) is 18.7. The second-order valence-corrected chi connectivity index (χ2v) is 8.66. The van der Waals surface area contributed by atoms with Crippen LogP contribution < -0.4 is 15.6 Å². The number of H-pyrrole nitrogens is 1. The summed E-state index contributed by atoms with van der Waals surface area (Å²) in [5, 5.41) is 16.1. The molecule has 0 aliphatic heterocycles. The summed E-state index contributed by atoms with van der Waals surface area (Å²) < 4.78 is 7.20. The smallest absolute Gasteiger partial charge is 0.274 e. The van der Waals surface area contributed by atoms with Crippen molar-refractivity contribution < 1.29 is 14.6 Å². The highest BCUT2D eigenvalue weighted by Crippen LogP contribution is 2.31. The van der Waals surface area contributed by atoms with E-state index in [1.165, 1.54) is 10.6 Å². The molecule has 1 fully saturated rings. The van der Waals surface area contributed by atoms with E-state index in [1.54, 1.807) is 12.1 Å². The van der Waals surface area contributed by atoms with Gasteiger partial charge in [0.1, 0.15) is 12.4 Å². The Morgan fingerprint density at radius 1 is 1.18 bits per heavy atom. The van der Waals surface area contributed by atoms with Crippen molar-refractivity contribution in [3.8, 4) is 17.1 Å². The molecule has 1 aliphatic carbocycles. The van der Waals surface area contributed by atoms with Crippen LogP contribution in [0.5, 0.6) is 5.75 Å². The molecule has 0 unspecified atom stereocenters. The van der Waals surface area contributed by atoms with E-state index in [-0.39, 0.29) is 30.4 Å². The number of aromatic amines is 1. The van der Waals surface area contributed by atoms with Gasteiger partial charge in [-0.05, 0) is 37.8 Å². The highest BCUT2D eigenvalue weighted by atomic mass is 16.5. The minimum Gasteiger partial charge on any atom is -0.486 e. The minimum absolute atomic E-state index is 0.00700. The maximum absolute atomic E-state index is 12.9. The number of rotatable bonds is 7. The first-order valence-corrected chi connectivity index (χ1v) is 11.2. The lowest BCUT2D eigenvalue weighted by Crippen LogP contribution is -2.47. The lowest BCUT2D eigenvalue weighted by atomic mass is 9.80. The molecule has 2 aromatic carbocycles. The molecule has 174 valence electrons. The van der Waals surface area contributed by atoms with Gasteiger partial charge >= 0.3 is 0 Å². The van der Waals surface area contributed by atoms with Gasteiger partial charge in [-0.25, -0.2) is 4.98 Å². The van der Waals surface area contributed by atoms with Crippen LogP contribution >= 0.6 is 0 Å². The van der Waals surface area contributed by atoms with E-state index in [4.69, 9.17) is 4.74 Å². The molecular formula is C25H25N5O4. The van der Waals surface area contributed by atoms with Crippen molar-refractivity contribution in [2.75, 3.05) is 6.54 Å². The predicted molar refractivity (Wildman–Crippen MR) is 126 cm³/mol. The van der Waals surface area contributed by atoms with Crippen molar-refractivity contribution in [1.82, 2.24) is 24.9 Å². The summed E-state index contributed by atoms with van der Waals surface area (Å²) in [6.07, 6.45) is 2.34. The quantitative estimate of drug-likeness (QED) is 0.391. The Balaban J connectivity index is 1.35. The van der Waals surface area contributed by atoms with Gasteiger partial charge in [0.05, 0.1) is 16.9 Å². The van der Waals surface area contributed by atoms with Crippen molar-refractivity contribution in [1.29, 1.82) is 0 Å². The first kappa shape index (κ1) is 21.8. The summed E-state index contributed by atoms with van der Waals surface area (Å²) in [6.45, 7) is 2.02. The Morgan fingerprint density at radius 3 is 2.71 bits per heavy atom. The molecule has 9 heteroatoms. The predicted octanol–water partition coefficient (Wildman–Crippen LogP) is 2.62. The second kappa shape index (κ2) is 8.75. The van der Waals surface area contributed by atoms with Crippen LogP contribution in [0.15, 0.2) is 59.4 Å². The number of hydrogen-bond donors (Lipinski definition) is 3. The average Bonchev–Trinajstić information content (AvgIpc) is 3.25. The van der Waals surface area contributed by atoms with E-state index in [9.17, 15) is 14.7 Å². The Bertz CT molecular complexity index is 1410. The van der Waals surface area contributed by atoms with Crippen LogP contribution in [0.3, 0.4) is 0 Å². The Hall–Kier alpha value is -3.98. The summed E-state index contributed by atoms with van der Waals surface area (Å²) in [6, 6.07) is 16.2. The van der Waals surface area contributed by atoms with Crippen LogP contribution in [0.4, 0.5) is 0 Å². The van der Waals surface area contributed by atoms with Gasteiger partial charge in [0.25, 0.3) is 17.2 Å². The molecular weight excluding hydrogens is 434 g/mol. The molecule has 0 atom stereocenters. The van der Waals surface area contributed by atoms with Crippen molar-refractivity contribution in [3.63, 3.8) is 0 Å². The minimum atomic E-state index is -0.816. The normalized spacial score (nSPS) is 14.5. The number of aliphatic hydroxyl groups is 1. The second-order valence-electron chi connectivity index (χ2n) is 8.66. The number of carbonyl (C=O) groups is 1. The fraction of sp³-hybridized carbons (Fsp3) is 0.280. The molecule has 2 heterocycles. The van der Waals surface area contributed by atoms with E-state index in [0.29, 0.717) is 35.7 Å². The van der Waals surface area contributed by atoms with Crippen molar-refractivity contribution in [3.05, 3.63) is 81.8 Å². The Morgan fingerprint density at radius 2 is 1.97 bits per heavy atom. The monoisotopic (exact) mass is 459 g/mol. The van der Waals surface area contributed by atoms with Crippen LogP contribution in [0.25, 0.3) is 17.2 Å². The molecule has 5 rings (SSSR count). The van der Waals surface area contributed by atoms with Crippen LogP contribution in [0.2, 0.25) is 0 Å². The van der Waals surface area contributed by atoms with Gasteiger partial charge in [-0.2, -0.15) is 9.50 Å². The van der Waals surface area contributed by atoms with Crippen LogP contribution in [0, 0.1) is 6.92 Å². The molecule has 3 N–H and O–H groups in total. The van der Waals surface area contributed by atoms with Gasteiger partial charge in [0.15, 0.2) is 5.82 Å². The van der Waals surface area contributed by atoms with Gasteiger partial charge in [0, 0.05) is 18.2 Å². The fourth-order valence-corrected chi connectivity index (χ4v) is 4.03. The maximum atomic E-state index is 12.9. The number of fused-ring (bicyclic) bond motifs is 1. The topological polar surface area (TPSA) is 122 Å². The summed E-state index contributed by atoms with van der Waals surface area (Å²) in [4.78, 5) is 34.3. The molecule has 1 saturated carbocycles. The molecule has 1 aliphatic rings. The summed E-state index contributed by atoms with van der Waals surface area (Å²) in [5.74, 6) is 0.846. The van der Waals surface area contributed by atoms with Gasteiger partial charge in [0.2, 0.25) is 0 Å². The molecule has 34 heavy (non-hydrogen) atoms. The van der Waals surface area contributed by atoms with E-state index >= 15 is 0 Å². The number of benzene rings is 2. The van der Waals surface area contributed by atoms with E-state index in [0.717, 1.165) is 17.5 Å². The number of nitrogens with zero attached hydrogens (tertiary/aromatic N) is 3. The lowest BCUT2D eigenvalue weighted by molar-refractivity contribution is -0.0300. The number of hydrogen-bond acceptors (Lipinski definition) is 6. The average molecular weight is 460 g/mol. The number of aromatic nitrogens is 4. The standard InChI is InChI=1S/C25H25N5O4/c1-16-7-5-10-19(21(16)23(32)26-15-25(33)11-6-12-25)34-14-18-13-20(31)30-24(27-18)28-22(29-30)17-8-3-2-4-9-17/h2-5,7-10,13,33H,6,11-12,14-15H2,1H3,(H,26,32)(H,27,28,29). The maximum Gasteiger partial charge on any atom is 0.274 e. The highest BCUT2D eigenvalue weighted by Gasteiger charge is 2.34. The molecule has 0 spiro atoms. The summed E-state index contributed by atoms with van der Waals surface area (Å²) in [7, 11) is 0. The van der Waals surface area contributed by atoms with Crippen LogP contribution in [-0.4, -0.2) is 42.7 Å². The third kappa shape index (κ3) is 4.29. The Kier molecular flexibility index (Phi) is 5.62. The number of amides is 1. The molecule has 1 amide bonds. The third-order valence-electron chi connectivity index (χ3n) is 6.13. The fourth-order valence-electron chi connectivity index (χ4n) is 4.03. The van der Waals surface area contributed by atoms with Crippen molar-refractivity contribution in [2.45, 2.75) is 38.4 Å². The SMILES string of the molecule is Cc1cccc(OCc2cc(=O)n3[nH]c(-c4ccccc4)nc3n2)c1C(=O)NCC1(O)CCC1. The number of carbonyl (C=O) groups excluding carboxylic acids is 1. The number of nitrogens with one attached hydrogen (secondary N) is 2. The number of aryl methyl sites for hydroxylation is 1. The van der Waals surface area contributed by atoms with Crippen molar-refractivity contribution >= 4 is 11.7 Å². The van der Waals surface area contributed by atoms with Crippen LogP contribution in [-0.2, 0) is 6.61 Å². The zero-order chi connectivity index (χ0) is 23.7. The molecule has 9 nitrogen and oxygen atoms in total. The molecule has 0 radical (unpaired) electrons. The number of ether oxygens (including phenoxy) is 1. The van der Waals surface area contributed by atoms with Crippen LogP contribution in [0.1, 0.15) is 40.9 Å². The Labute approximate surface area is 195 Å². The molecule has 0 saturated heterocycles. The van der Waals surface area contributed by atoms with Gasteiger partial charge in [-0.3, -0.25) is 14.7 Å². The zero-order valence-electron chi connectivity index (χ0n) is 18.7. The first-order valence-electron chi connectivity index (χ1n) is 11.2. The molecule has 2 aromatic heterocycles. The molecule has 0 bridgehead atoms. The van der Waals surface area contributed by atoms with Gasteiger partial charge in [-0.15, -0.1) is 0 Å².